The fourth-order valence-corrected chi connectivity index (χ4v) is 4.39. The van der Waals surface area contributed by atoms with Gasteiger partial charge in [0.05, 0.1) is 37.6 Å². The van der Waals surface area contributed by atoms with Crippen LogP contribution in [0.2, 0.25) is 0 Å². The van der Waals surface area contributed by atoms with Crippen LogP contribution in [0.4, 0.5) is 0 Å². The van der Waals surface area contributed by atoms with E-state index < -0.39 is 6.10 Å². The van der Waals surface area contributed by atoms with Gasteiger partial charge in [-0.3, -0.25) is 9.59 Å². The Bertz CT molecular complexity index is 1210. The van der Waals surface area contributed by atoms with E-state index in [-0.39, 0.29) is 17.7 Å². The smallest absolute Gasteiger partial charge is 0.196 e. The zero-order valence-electron chi connectivity index (χ0n) is 17.2. The molecular weight excluding hydrogens is 394 g/mol. The highest BCUT2D eigenvalue weighted by Gasteiger charge is 2.41. The lowest BCUT2D eigenvalue weighted by Gasteiger charge is -2.34. The topological polar surface area (TPSA) is 83.3 Å². The molecule has 0 saturated carbocycles. The van der Waals surface area contributed by atoms with Gasteiger partial charge in [-0.2, -0.15) is 0 Å². The maximum Gasteiger partial charge on any atom is 0.196 e. The third-order valence-corrected chi connectivity index (χ3v) is 5.80. The van der Waals surface area contributed by atoms with Crippen molar-refractivity contribution in [3.8, 4) is 17.0 Å². The number of benzene rings is 2. The molecule has 31 heavy (non-hydrogen) atoms. The predicted octanol–water partition coefficient (Wildman–Crippen LogP) is 3.51. The Morgan fingerprint density at radius 2 is 1.90 bits per heavy atom. The van der Waals surface area contributed by atoms with Crippen molar-refractivity contribution in [3.05, 3.63) is 77.0 Å². The third-order valence-electron chi connectivity index (χ3n) is 5.80. The van der Waals surface area contributed by atoms with Crippen molar-refractivity contribution in [3.63, 3.8) is 0 Å². The lowest BCUT2D eigenvalue weighted by molar-refractivity contribution is -0.00652. The fraction of sp³-hybridized carbons (Fsp3) is 0.250. The first-order valence-electron chi connectivity index (χ1n) is 10.2. The summed E-state index contributed by atoms with van der Waals surface area (Å²) in [5.74, 6) is 0.0834. The van der Waals surface area contributed by atoms with Crippen molar-refractivity contribution in [2.75, 3.05) is 7.11 Å². The highest BCUT2D eigenvalue weighted by Crippen LogP contribution is 2.39. The van der Waals surface area contributed by atoms with Crippen LogP contribution in [0.5, 0.6) is 5.75 Å². The molecule has 0 spiro atoms. The molecule has 1 aliphatic heterocycles. The van der Waals surface area contributed by atoms with Crippen LogP contribution in [0.15, 0.2) is 65.9 Å². The number of fused-ring (bicyclic) bond motifs is 1. The molecule has 0 bridgehead atoms. The SMILES string of the molecule is COc1cccc2c1C(=O)C1=C(C[C@H](Cn3cc(-c4ccccc4)nn3)O[C@H]1C)C2=O. The molecule has 3 aromatic rings. The first-order valence-corrected chi connectivity index (χ1v) is 10.2. The van der Waals surface area contributed by atoms with Crippen molar-refractivity contribution in [2.45, 2.75) is 32.1 Å². The van der Waals surface area contributed by atoms with E-state index in [2.05, 4.69) is 10.3 Å². The number of aromatic nitrogens is 3. The lowest BCUT2D eigenvalue weighted by Crippen LogP contribution is -2.39. The van der Waals surface area contributed by atoms with E-state index in [1.165, 1.54) is 7.11 Å². The van der Waals surface area contributed by atoms with Crippen molar-refractivity contribution in [2.24, 2.45) is 0 Å². The fourth-order valence-electron chi connectivity index (χ4n) is 4.39. The van der Waals surface area contributed by atoms with Crippen molar-refractivity contribution in [1.29, 1.82) is 0 Å². The Morgan fingerprint density at radius 3 is 2.68 bits per heavy atom. The van der Waals surface area contributed by atoms with Gasteiger partial charge in [-0.25, -0.2) is 4.68 Å². The molecule has 0 fully saturated rings. The molecule has 1 aliphatic carbocycles. The van der Waals surface area contributed by atoms with E-state index in [1.807, 2.05) is 43.5 Å². The number of hydrogen-bond donors (Lipinski definition) is 0. The third kappa shape index (κ3) is 3.27. The normalized spacial score (nSPS) is 20.5. The van der Waals surface area contributed by atoms with Crippen LogP contribution < -0.4 is 4.74 Å². The molecular formula is C24H21N3O4. The molecule has 7 nitrogen and oxygen atoms in total. The second-order valence-corrected chi connectivity index (χ2v) is 7.73. The second kappa shape index (κ2) is 7.59. The molecule has 2 atom stereocenters. The Hall–Kier alpha value is -3.58. The van der Waals surface area contributed by atoms with Gasteiger partial charge >= 0.3 is 0 Å². The molecule has 0 amide bonds. The van der Waals surface area contributed by atoms with Crippen LogP contribution >= 0.6 is 0 Å². The summed E-state index contributed by atoms with van der Waals surface area (Å²) in [7, 11) is 1.50. The molecule has 0 radical (unpaired) electrons. The summed E-state index contributed by atoms with van der Waals surface area (Å²) in [6.45, 7) is 2.25. The van der Waals surface area contributed by atoms with Crippen LogP contribution in [0, 0.1) is 0 Å². The van der Waals surface area contributed by atoms with E-state index in [0.29, 0.717) is 41.0 Å². The minimum atomic E-state index is -0.500. The lowest BCUT2D eigenvalue weighted by atomic mass is 9.78. The Labute approximate surface area is 179 Å². The molecule has 2 aliphatic rings. The van der Waals surface area contributed by atoms with Gasteiger partial charge in [-0.15, -0.1) is 5.10 Å². The number of carbonyl (C=O) groups excluding carboxylic acids is 2. The Morgan fingerprint density at radius 1 is 1.10 bits per heavy atom. The van der Waals surface area contributed by atoms with Crippen LogP contribution in [0.1, 0.15) is 34.1 Å². The van der Waals surface area contributed by atoms with Crippen LogP contribution in [0.25, 0.3) is 11.3 Å². The van der Waals surface area contributed by atoms with Gasteiger partial charge < -0.3 is 9.47 Å². The first kappa shape index (κ1) is 19.4. The zero-order valence-corrected chi connectivity index (χ0v) is 17.2. The highest BCUT2D eigenvalue weighted by molar-refractivity contribution is 6.28. The van der Waals surface area contributed by atoms with Crippen LogP contribution in [-0.2, 0) is 11.3 Å². The largest absolute Gasteiger partial charge is 0.496 e. The van der Waals surface area contributed by atoms with Crippen molar-refractivity contribution >= 4 is 11.6 Å². The van der Waals surface area contributed by atoms with Gasteiger partial charge in [0.2, 0.25) is 0 Å². The zero-order chi connectivity index (χ0) is 21.5. The van der Waals surface area contributed by atoms with E-state index in [9.17, 15) is 9.59 Å². The summed E-state index contributed by atoms with van der Waals surface area (Å²) in [4.78, 5) is 26.5. The first-order chi connectivity index (χ1) is 15.1. The monoisotopic (exact) mass is 415 g/mol. The maximum absolute atomic E-state index is 13.2. The number of ketones is 2. The molecule has 2 heterocycles. The summed E-state index contributed by atoms with van der Waals surface area (Å²) in [5.41, 5.74) is 3.43. The average Bonchev–Trinajstić information content (AvgIpc) is 3.25. The number of nitrogens with zero attached hydrogens (tertiary/aromatic N) is 3. The molecule has 5 rings (SSSR count). The standard InChI is InChI=1S/C24H21N3O4/c1-14-21-18(23(28)17-9-6-10-20(30-2)22(17)24(21)29)11-16(31-14)12-27-13-19(25-26-27)15-7-4-3-5-8-15/h3-10,13-14,16H,11-12H2,1-2H3/t14-,16+/m0/s1. The quantitative estimate of drug-likeness (QED) is 0.649. The van der Waals surface area contributed by atoms with Gasteiger partial charge in [-0.1, -0.05) is 47.7 Å². The molecule has 0 saturated heterocycles. The van der Waals surface area contributed by atoms with Gasteiger partial charge in [0.1, 0.15) is 11.4 Å². The highest BCUT2D eigenvalue weighted by atomic mass is 16.5. The van der Waals surface area contributed by atoms with Crippen LogP contribution in [-0.4, -0.2) is 45.9 Å². The van der Waals surface area contributed by atoms with Crippen molar-refractivity contribution < 1.29 is 19.1 Å². The molecule has 0 unspecified atom stereocenters. The number of rotatable bonds is 4. The Kier molecular flexibility index (Phi) is 4.75. The Balaban J connectivity index is 1.42. The number of methoxy groups -OCH3 is 1. The summed E-state index contributed by atoms with van der Waals surface area (Å²) in [6.07, 6.45) is 1.42. The number of Topliss-reactive ketones (excluding diaryl/α,β-unsaturated/α-hetero) is 2. The summed E-state index contributed by atoms with van der Waals surface area (Å²) in [5, 5.41) is 8.45. The number of ether oxygens (including phenoxy) is 2. The molecule has 1 aromatic heterocycles. The minimum Gasteiger partial charge on any atom is -0.496 e. The molecule has 2 aromatic carbocycles. The van der Waals surface area contributed by atoms with Gasteiger partial charge in [-0.05, 0) is 13.0 Å². The molecule has 7 heteroatoms. The van der Waals surface area contributed by atoms with Gasteiger partial charge in [0.15, 0.2) is 11.6 Å². The van der Waals surface area contributed by atoms with Gasteiger partial charge in [0.25, 0.3) is 0 Å². The van der Waals surface area contributed by atoms with E-state index in [0.717, 1.165) is 11.3 Å². The predicted molar refractivity (Wildman–Crippen MR) is 113 cm³/mol. The average molecular weight is 415 g/mol. The minimum absolute atomic E-state index is 0.132. The summed E-state index contributed by atoms with van der Waals surface area (Å²) >= 11 is 0. The number of carbonyl (C=O) groups is 2. The van der Waals surface area contributed by atoms with E-state index >= 15 is 0 Å². The second-order valence-electron chi connectivity index (χ2n) is 7.73. The van der Waals surface area contributed by atoms with E-state index in [1.54, 1.807) is 22.9 Å². The van der Waals surface area contributed by atoms with Crippen molar-refractivity contribution in [1.82, 2.24) is 15.0 Å². The van der Waals surface area contributed by atoms with E-state index in [4.69, 9.17) is 9.47 Å². The number of hydrogen-bond acceptors (Lipinski definition) is 6. The van der Waals surface area contributed by atoms with Crippen LogP contribution in [0.3, 0.4) is 0 Å². The maximum atomic E-state index is 13.2. The summed E-state index contributed by atoms with van der Waals surface area (Å²) < 4.78 is 13.2. The summed E-state index contributed by atoms with van der Waals surface area (Å²) in [6, 6.07) is 14.9. The molecule has 156 valence electrons. The molecule has 0 N–H and O–H groups in total. The van der Waals surface area contributed by atoms with Gasteiger partial charge in [0, 0.05) is 28.7 Å².